The number of piperidine rings is 1. The van der Waals surface area contributed by atoms with Gasteiger partial charge in [-0.3, -0.25) is 4.79 Å². The molecule has 1 saturated heterocycles. The van der Waals surface area contributed by atoms with Crippen LogP contribution in [0.2, 0.25) is 0 Å². The monoisotopic (exact) mass is 356 g/mol. The molecule has 0 radical (unpaired) electrons. The predicted molar refractivity (Wildman–Crippen MR) is 97.7 cm³/mol. The Morgan fingerprint density at radius 1 is 1.21 bits per heavy atom. The summed E-state index contributed by atoms with van der Waals surface area (Å²) >= 11 is 0. The Kier molecular flexibility index (Phi) is 10.7. The van der Waals surface area contributed by atoms with Gasteiger partial charge in [-0.25, -0.2) is 0 Å². The maximum atomic E-state index is 12.0. The summed E-state index contributed by atoms with van der Waals surface area (Å²) in [6.45, 7) is 4.07. The number of rotatable bonds is 9. The number of methoxy groups -OCH3 is 1. The Morgan fingerprint density at radius 2 is 1.92 bits per heavy atom. The first-order valence-corrected chi connectivity index (χ1v) is 8.42. The Balaban J connectivity index is 0.00000288. The van der Waals surface area contributed by atoms with Crippen LogP contribution in [0, 0.1) is 0 Å². The van der Waals surface area contributed by atoms with Gasteiger partial charge in [0, 0.05) is 26.7 Å². The molecule has 1 aliphatic heterocycles. The average Bonchev–Trinajstić information content (AvgIpc) is 2.60. The topological polar surface area (TPSA) is 50.8 Å². The zero-order valence-electron chi connectivity index (χ0n) is 14.4. The normalized spacial score (nSPS) is 15.1. The van der Waals surface area contributed by atoms with Crippen LogP contribution in [0.15, 0.2) is 30.3 Å². The van der Waals surface area contributed by atoms with E-state index in [4.69, 9.17) is 9.47 Å². The number of hydrogen-bond donors (Lipinski definition) is 1. The smallest absolute Gasteiger partial charge is 0.236 e. The third kappa shape index (κ3) is 7.62. The predicted octanol–water partition coefficient (Wildman–Crippen LogP) is 1.89. The second-order valence-corrected chi connectivity index (χ2v) is 5.86. The number of hydrogen-bond acceptors (Lipinski definition) is 4. The van der Waals surface area contributed by atoms with Gasteiger partial charge in [-0.1, -0.05) is 30.3 Å². The van der Waals surface area contributed by atoms with Crippen LogP contribution < -0.4 is 5.32 Å². The van der Waals surface area contributed by atoms with Gasteiger partial charge in [0.05, 0.1) is 25.9 Å². The first-order valence-electron chi connectivity index (χ1n) is 8.42. The van der Waals surface area contributed by atoms with Gasteiger partial charge in [0.15, 0.2) is 0 Å². The van der Waals surface area contributed by atoms with E-state index in [2.05, 4.69) is 29.6 Å². The molecule has 1 heterocycles. The van der Waals surface area contributed by atoms with E-state index in [0.717, 1.165) is 39.0 Å². The lowest BCUT2D eigenvalue weighted by Crippen LogP contribution is -2.45. The standard InChI is InChI=1S/C18H28N2O3.ClH/c1-22-14-10-19-15-18(21)20-11-7-17(8-12-20)23-13-9-16-5-3-2-4-6-16;/h2-6,17,19H,7-15H2,1H3;1H. The van der Waals surface area contributed by atoms with Crippen LogP contribution in [0.1, 0.15) is 18.4 Å². The molecule has 1 amide bonds. The van der Waals surface area contributed by atoms with Gasteiger partial charge in [0.2, 0.25) is 5.91 Å². The second-order valence-electron chi connectivity index (χ2n) is 5.86. The molecule has 1 fully saturated rings. The summed E-state index contributed by atoms with van der Waals surface area (Å²) < 4.78 is 10.9. The van der Waals surface area contributed by atoms with Gasteiger partial charge in [-0.15, -0.1) is 12.4 Å². The van der Waals surface area contributed by atoms with Crippen LogP contribution in [0.25, 0.3) is 0 Å². The van der Waals surface area contributed by atoms with Crippen molar-refractivity contribution < 1.29 is 14.3 Å². The van der Waals surface area contributed by atoms with Gasteiger partial charge in [-0.2, -0.15) is 0 Å². The third-order valence-corrected chi connectivity index (χ3v) is 4.14. The van der Waals surface area contributed by atoms with E-state index in [-0.39, 0.29) is 24.4 Å². The van der Waals surface area contributed by atoms with Gasteiger partial charge in [0.25, 0.3) is 0 Å². The van der Waals surface area contributed by atoms with E-state index >= 15 is 0 Å². The van der Waals surface area contributed by atoms with Gasteiger partial charge in [-0.05, 0) is 24.8 Å². The number of likely N-dealkylation sites (tertiary alicyclic amines) is 1. The summed E-state index contributed by atoms with van der Waals surface area (Å²) in [7, 11) is 1.66. The summed E-state index contributed by atoms with van der Waals surface area (Å²) in [6, 6.07) is 10.4. The van der Waals surface area contributed by atoms with E-state index < -0.39 is 0 Å². The minimum Gasteiger partial charge on any atom is -0.383 e. The van der Waals surface area contributed by atoms with E-state index in [0.29, 0.717) is 19.7 Å². The fraction of sp³-hybridized carbons (Fsp3) is 0.611. The fourth-order valence-corrected chi connectivity index (χ4v) is 2.74. The van der Waals surface area contributed by atoms with Crippen LogP contribution >= 0.6 is 12.4 Å². The SMILES string of the molecule is COCCNCC(=O)N1CCC(OCCc2ccccc2)CC1.Cl. The minimum absolute atomic E-state index is 0. The molecule has 136 valence electrons. The maximum absolute atomic E-state index is 12.0. The zero-order valence-corrected chi connectivity index (χ0v) is 15.2. The van der Waals surface area contributed by atoms with Crippen molar-refractivity contribution in [1.29, 1.82) is 0 Å². The van der Waals surface area contributed by atoms with Crippen molar-refractivity contribution in [3.05, 3.63) is 35.9 Å². The molecule has 0 spiro atoms. The summed E-state index contributed by atoms with van der Waals surface area (Å²) in [4.78, 5) is 14.0. The quantitative estimate of drug-likeness (QED) is 0.686. The molecule has 1 aromatic rings. The Bertz CT molecular complexity index is 451. The molecule has 6 heteroatoms. The molecule has 1 aliphatic rings. The number of benzene rings is 1. The van der Waals surface area contributed by atoms with Gasteiger partial charge in [0.1, 0.15) is 0 Å². The number of carbonyl (C=O) groups excluding carboxylic acids is 1. The number of carbonyl (C=O) groups is 1. The van der Waals surface area contributed by atoms with Gasteiger partial charge < -0.3 is 19.7 Å². The van der Waals surface area contributed by atoms with Crippen molar-refractivity contribution in [1.82, 2.24) is 10.2 Å². The molecule has 0 unspecified atom stereocenters. The highest BCUT2D eigenvalue weighted by atomic mass is 35.5. The van der Waals surface area contributed by atoms with E-state index in [1.165, 1.54) is 5.56 Å². The lowest BCUT2D eigenvalue weighted by molar-refractivity contribution is -0.132. The highest BCUT2D eigenvalue weighted by Gasteiger charge is 2.22. The molecule has 0 aromatic heterocycles. The lowest BCUT2D eigenvalue weighted by atomic mass is 10.1. The van der Waals surface area contributed by atoms with Crippen LogP contribution in [-0.4, -0.2) is 63.4 Å². The van der Waals surface area contributed by atoms with E-state index in [1.807, 2.05) is 11.0 Å². The summed E-state index contributed by atoms with van der Waals surface area (Å²) in [5.41, 5.74) is 1.31. The van der Waals surface area contributed by atoms with Crippen molar-refractivity contribution in [3.8, 4) is 0 Å². The van der Waals surface area contributed by atoms with Crippen LogP contribution in [0.4, 0.5) is 0 Å². The highest BCUT2D eigenvalue weighted by molar-refractivity contribution is 5.85. The average molecular weight is 357 g/mol. The molecule has 1 N–H and O–H groups in total. The first-order chi connectivity index (χ1) is 11.3. The van der Waals surface area contributed by atoms with E-state index in [9.17, 15) is 4.79 Å². The summed E-state index contributed by atoms with van der Waals surface area (Å²) in [5, 5.41) is 3.10. The molecule has 0 saturated carbocycles. The minimum atomic E-state index is 0. The third-order valence-electron chi connectivity index (χ3n) is 4.14. The largest absolute Gasteiger partial charge is 0.383 e. The molecular formula is C18H29ClN2O3. The lowest BCUT2D eigenvalue weighted by Gasteiger charge is -2.32. The van der Waals surface area contributed by atoms with Crippen molar-refractivity contribution in [2.45, 2.75) is 25.4 Å². The highest BCUT2D eigenvalue weighted by Crippen LogP contribution is 2.14. The Morgan fingerprint density at radius 3 is 2.58 bits per heavy atom. The molecule has 0 atom stereocenters. The molecule has 24 heavy (non-hydrogen) atoms. The fourth-order valence-electron chi connectivity index (χ4n) is 2.74. The molecule has 1 aromatic carbocycles. The first kappa shape index (κ1) is 20.9. The van der Waals surface area contributed by atoms with E-state index in [1.54, 1.807) is 7.11 Å². The van der Waals surface area contributed by atoms with Crippen molar-refractivity contribution >= 4 is 18.3 Å². The van der Waals surface area contributed by atoms with Gasteiger partial charge >= 0.3 is 0 Å². The number of halogens is 1. The molecular weight excluding hydrogens is 328 g/mol. The van der Waals surface area contributed by atoms with Crippen molar-refractivity contribution in [2.24, 2.45) is 0 Å². The summed E-state index contributed by atoms with van der Waals surface area (Å²) in [5.74, 6) is 0.170. The number of nitrogens with one attached hydrogen (secondary N) is 1. The number of ether oxygens (including phenoxy) is 2. The van der Waals surface area contributed by atoms with Crippen LogP contribution in [0.5, 0.6) is 0 Å². The number of nitrogens with zero attached hydrogens (tertiary/aromatic N) is 1. The Labute approximate surface area is 151 Å². The summed E-state index contributed by atoms with van der Waals surface area (Å²) in [6.07, 6.45) is 3.09. The van der Waals surface area contributed by atoms with Crippen LogP contribution in [0.3, 0.4) is 0 Å². The van der Waals surface area contributed by atoms with Crippen LogP contribution in [-0.2, 0) is 20.7 Å². The molecule has 5 nitrogen and oxygen atoms in total. The molecule has 2 rings (SSSR count). The number of amides is 1. The molecule has 0 bridgehead atoms. The van der Waals surface area contributed by atoms with Crippen molar-refractivity contribution in [3.63, 3.8) is 0 Å². The zero-order chi connectivity index (χ0) is 16.3. The Hall–Kier alpha value is -1.14. The second kappa shape index (κ2) is 12.3. The van der Waals surface area contributed by atoms with Crippen molar-refractivity contribution in [2.75, 3.05) is 46.5 Å². The molecule has 0 aliphatic carbocycles. The maximum Gasteiger partial charge on any atom is 0.236 e.